The summed E-state index contributed by atoms with van der Waals surface area (Å²) in [5.41, 5.74) is 2.85. The van der Waals surface area contributed by atoms with Crippen LogP contribution >= 0.6 is 15.8 Å². The van der Waals surface area contributed by atoms with E-state index in [9.17, 15) is 0 Å². The molecule has 6 aromatic rings. The second kappa shape index (κ2) is 13.0. The Morgan fingerprint density at radius 3 is 1.07 bits per heavy atom. The van der Waals surface area contributed by atoms with Crippen molar-refractivity contribution in [1.82, 2.24) is 4.98 Å². The lowest BCUT2D eigenvalue weighted by Crippen LogP contribution is -2.26. The van der Waals surface area contributed by atoms with Gasteiger partial charge in [0.05, 0.1) is 0 Å². The summed E-state index contributed by atoms with van der Waals surface area (Å²) in [4.78, 5) is 5.09. The van der Waals surface area contributed by atoms with Crippen molar-refractivity contribution in [2.24, 2.45) is 0 Å². The van der Waals surface area contributed by atoms with Crippen molar-refractivity contribution < 1.29 is 0 Å². The van der Waals surface area contributed by atoms with Crippen LogP contribution in [-0.2, 0) is 0 Å². The Hall–Kier alpha value is -3.89. The molecule has 0 aliphatic carbocycles. The van der Waals surface area contributed by atoms with E-state index in [2.05, 4.69) is 164 Å². The zero-order valence-corrected chi connectivity index (χ0v) is 24.0. The van der Waals surface area contributed by atoms with Gasteiger partial charge in [0.25, 0.3) is 0 Å². The first-order valence-corrected chi connectivity index (χ1v) is 16.5. The fourth-order valence-electron chi connectivity index (χ4n) is 5.40. The third-order valence-corrected chi connectivity index (χ3v) is 13.0. The van der Waals surface area contributed by atoms with Gasteiger partial charge in [-0.05, 0) is 54.8 Å². The molecule has 0 saturated carbocycles. The summed E-state index contributed by atoms with van der Waals surface area (Å²) in [5.74, 6) is 0. The van der Waals surface area contributed by atoms with Crippen LogP contribution in [0.5, 0.6) is 0 Å². The van der Waals surface area contributed by atoms with E-state index in [0.29, 0.717) is 0 Å². The monoisotopic (exact) mass is 551 g/mol. The molecule has 0 amide bonds. The fraction of sp³-hybridized carbons (Fsp3) is 0.0541. The van der Waals surface area contributed by atoms with Crippen LogP contribution in [0, 0.1) is 0 Å². The van der Waals surface area contributed by atoms with E-state index in [1.54, 1.807) is 0 Å². The highest BCUT2D eigenvalue weighted by molar-refractivity contribution is 7.77. The van der Waals surface area contributed by atoms with Gasteiger partial charge in [0, 0.05) is 23.2 Å². The van der Waals surface area contributed by atoms with Crippen LogP contribution in [-0.4, -0.2) is 4.98 Å². The molecule has 0 N–H and O–H groups in total. The molecule has 0 aliphatic rings. The maximum atomic E-state index is 5.09. The van der Waals surface area contributed by atoms with Crippen LogP contribution in [0.25, 0.3) is 0 Å². The van der Waals surface area contributed by atoms with Gasteiger partial charge in [0.1, 0.15) is 0 Å². The van der Waals surface area contributed by atoms with Crippen LogP contribution in [0.2, 0.25) is 0 Å². The Labute approximate surface area is 240 Å². The molecule has 1 nitrogen and oxygen atoms in total. The molecule has 0 bridgehead atoms. The van der Waals surface area contributed by atoms with Crippen LogP contribution in [0.15, 0.2) is 176 Å². The van der Waals surface area contributed by atoms with E-state index in [1.807, 2.05) is 12.3 Å². The Balaban J connectivity index is 1.67. The SMILES string of the molecule is c1ccc([C@@H]([C@H](c2ccccn2)P(c2ccccc2)c2ccccc2)P(c2ccccc2)c2ccccc2)cc1. The number of pyridine rings is 1. The minimum absolute atomic E-state index is 0.148. The van der Waals surface area contributed by atoms with E-state index >= 15 is 0 Å². The summed E-state index contributed by atoms with van der Waals surface area (Å²) in [5, 5.41) is 5.51. The van der Waals surface area contributed by atoms with Crippen molar-refractivity contribution in [2.45, 2.75) is 11.3 Å². The Morgan fingerprint density at radius 2 is 0.700 bits per heavy atom. The Kier molecular flexibility index (Phi) is 8.54. The van der Waals surface area contributed by atoms with Crippen molar-refractivity contribution in [3.8, 4) is 0 Å². The number of hydrogen-bond donors (Lipinski definition) is 0. The van der Waals surface area contributed by atoms with Gasteiger partial charge in [-0.1, -0.05) is 158 Å². The maximum absolute atomic E-state index is 5.09. The molecule has 1 aromatic heterocycles. The van der Waals surface area contributed by atoms with Gasteiger partial charge in [0.2, 0.25) is 0 Å². The van der Waals surface area contributed by atoms with E-state index in [0.717, 1.165) is 5.69 Å². The average molecular weight is 552 g/mol. The molecule has 5 aromatic carbocycles. The smallest absolute Gasteiger partial charge is 0.0493 e. The summed E-state index contributed by atoms with van der Waals surface area (Å²) >= 11 is 0. The molecule has 0 radical (unpaired) electrons. The number of rotatable bonds is 9. The van der Waals surface area contributed by atoms with Crippen molar-refractivity contribution in [3.63, 3.8) is 0 Å². The zero-order chi connectivity index (χ0) is 27.0. The first kappa shape index (κ1) is 26.3. The molecular formula is C37H31NP2. The highest BCUT2D eigenvalue weighted by Crippen LogP contribution is 2.66. The first-order chi connectivity index (χ1) is 19.9. The van der Waals surface area contributed by atoms with Crippen LogP contribution < -0.4 is 21.2 Å². The zero-order valence-electron chi connectivity index (χ0n) is 22.2. The molecular weight excluding hydrogens is 520 g/mol. The lowest BCUT2D eigenvalue weighted by Gasteiger charge is -2.40. The topological polar surface area (TPSA) is 12.9 Å². The quantitative estimate of drug-likeness (QED) is 0.165. The number of aromatic nitrogens is 1. The van der Waals surface area contributed by atoms with Crippen LogP contribution in [0.1, 0.15) is 22.6 Å². The first-order valence-electron chi connectivity index (χ1n) is 13.6. The highest BCUT2D eigenvalue weighted by atomic mass is 31.1. The average Bonchev–Trinajstić information content (AvgIpc) is 3.05. The lowest BCUT2D eigenvalue weighted by molar-refractivity contribution is 0.853. The highest BCUT2D eigenvalue weighted by Gasteiger charge is 2.40. The minimum Gasteiger partial charge on any atom is -0.261 e. The van der Waals surface area contributed by atoms with E-state index < -0.39 is 15.8 Å². The molecule has 0 spiro atoms. The molecule has 0 fully saturated rings. The third-order valence-electron chi connectivity index (χ3n) is 7.12. The molecule has 0 aliphatic heterocycles. The third kappa shape index (κ3) is 5.83. The van der Waals surface area contributed by atoms with Crippen molar-refractivity contribution in [3.05, 3.63) is 187 Å². The standard InChI is InChI=1S/C37H31NP2/c1-6-18-30(19-7-1)36(39(31-20-8-2-9-21-31)32-22-10-3-11-23-32)37(35-28-16-17-29-38-35)40(33-24-12-4-13-25-33)34-26-14-5-15-27-34/h1-29,36-37H/t36-,37-/m0/s1. The normalized spacial score (nSPS) is 12.8. The largest absolute Gasteiger partial charge is 0.261 e. The van der Waals surface area contributed by atoms with Gasteiger partial charge in [-0.25, -0.2) is 0 Å². The van der Waals surface area contributed by atoms with E-state index in [4.69, 9.17) is 4.98 Å². The van der Waals surface area contributed by atoms with E-state index in [1.165, 1.54) is 26.8 Å². The molecule has 2 atom stereocenters. The second-order valence-electron chi connectivity index (χ2n) is 9.64. The van der Waals surface area contributed by atoms with Crippen molar-refractivity contribution in [1.29, 1.82) is 0 Å². The van der Waals surface area contributed by atoms with Gasteiger partial charge in [-0.3, -0.25) is 4.98 Å². The molecule has 0 unspecified atom stereocenters. The number of nitrogens with zero attached hydrogens (tertiary/aromatic N) is 1. The van der Waals surface area contributed by atoms with Gasteiger partial charge in [-0.15, -0.1) is 0 Å². The maximum Gasteiger partial charge on any atom is 0.0493 e. The van der Waals surface area contributed by atoms with Gasteiger partial charge < -0.3 is 0 Å². The predicted molar refractivity (Wildman–Crippen MR) is 174 cm³/mol. The molecule has 40 heavy (non-hydrogen) atoms. The summed E-state index contributed by atoms with van der Waals surface area (Å²) in [6.45, 7) is 0. The molecule has 6 rings (SSSR count). The van der Waals surface area contributed by atoms with Gasteiger partial charge in [0.15, 0.2) is 0 Å². The lowest BCUT2D eigenvalue weighted by atomic mass is 10.1. The molecule has 194 valence electrons. The molecule has 1 heterocycles. The van der Waals surface area contributed by atoms with Crippen molar-refractivity contribution in [2.75, 3.05) is 0 Å². The summed E-state index contributed by atoms with van der Waals surface area (Å²) in [6.07, 6.45) is 1.96. The summed E-state index contributed by atoms with van der Waals surface area (Å²) in [6, 6.07) is 62.0. The predicted octanol–water partition coefficient (Wildman–Crippen LogP) is 8.13. The minimum atomic E-state index is -0.813. The summed E-state index contributed by atoms with van der Waals surface area (Å²) < 4.78 is 0. The van der Waals surface area contributed by atoms with Crippen LogP contribution in [0.3, 0.4) is 0 Å². The fourth-order valence-corrected chi connectivity index (χ4v) is 11.8. The molecule has 3 heteroatoms. The Bertz CT molecular complexity index is 1380. The van der Waals surface area contributed by atoms with E-state index in [-0.39, 0.29) is 11.3 Å². The second-order valence-corrected chi connectivity index (χ2v) is 14.3. The summed E-state index contributed by atoms with van der Waals surface area (Å²) in [7, 11) is -1.60. The molecule has 0 saturated heterocycles. The Morgan fingerprint density at radius 1 is 0.350 bits per heavy atom. The number of benzene rings is 5. The van der Waals surface area contributed by atoms with Crippen LogP contribution in [0.4, 0.5) is 0 Å². The van der Waals surface area contributed by atoms with Gasteiger partial charge in [-0.2, -0.15) is 0 Å². The van der Waals surface area contributed by atoms with Gasteiger partial charge >= 0.3 is 0 Å². The van der Waals surface area contributed by atoms with Crippen molar-refractivity contribution >= 4 is 37.1 Å². The number of hydrogen-bond acceptors (Lipinski definition) is 1.